The summed E-state index contributed by atoms with van der Waals surface area (Å²) in [6, 6.07) is 3.48. The molecule has 3 heterocycles. The molecule has 0 saturated carbocycles. The SMILES string of the molecule is CC(S)Oc1ccc(N2CCCN(C)CC23OC(=O)C=CC(=O)O3)cn1. The van der Waals surface area contributed by atoms with Gasteiger partial charge in [0.2, 0.25) is 5.88 Å². The van der Waals surface area contributed by atoms with E-state index in [-0.39, 0.29) is 12.0 Å². The highest BCUT2D eigenvalue weighted by Crippen LogP contribution is 2.32. The third-order valence-corrected chi connectivity index (χ3v) is 4.11. The van der Waals surface area contributed by atoms with Crippen molar-refractivity contribution in [2.75, 3.05) is 31.6 Å². The van der Waals surface area contributed by atoms with Crippen molar-refractivity contribution in [3.8, 4) is 5.88 Å². The number of nitrogens with zero attached hydrogens (tertiary/aromatic N) is 3. The first-order chi connectivity index (χ1) is 12.4. The highest BCUT2D eigenvalue weighted by molar-refractivity contribution is 7.80. The highest BCUT2D eigenvalue weighted by Gasteiger charge is 2.48. The van der Waals surface area contributed by atoms with E-state index in [0.717, 1.165) is 25.1 Å². The summed E-state index contributed by atoms with van der Waals surface area (Å²) >= 11 is 4.17. The molecule has 0 amide bonds. The Bertz CT molecular complexity index is 687. The van der Waals surface area contributed by atoms with Crippen LogP contribution >= 0.6 is 12.6 Å². The molecule has 9 heteroatoms. The third-order valence-electron chi connectivity index (χ3n) is 4.00. The summed E-state index contributed by atoms with van der Waals surface area (Å²) in [6.07, 6.45) is 4.54. The van der Waals surface area contributed by atoms with Crippen molar-refractivity contribution in [2.45, 2.75) is 24.7 Å². The Labute approximate surface area is 157 Å². The van der Waals surface area contributed by atoms with Crippen molar-refractivity contribution >= 4 is 30.3 Å². The quantitative estimate of drug-likeness (QED) is 0.477. The van der Waals surface area contributed by atoms with Gasteiger partial charge in [-0.05, 0) is 33.0 Å². The summed E-state index contributed by atoms with van der Waals surface area (Å²) in [5.74, 6) is -2.39. The fraction of sp³-hybridized carbons (Fsp3) is 0.471. The summed E-state index contributed by atoms with van der Waals surface area (Å²) in [4.78, 5) is 32.1. The number of thiol groups is 1. The number of carbonyl (C=O) groups is 2. The van der Waals surface area contributed by atoms with E-state index in [4.69, 9.17) is 14.2 Å². The molecule has 0 N–H and O–H groups in total. The molecule has 1 atom stereocenters. The molecule has 26 heavy (non-hydrogen) atoms. The molecule has 8 nitrogen and oxygen atoms in total. The molecule has 1 aromatic rings. The van der Waals surface area contributed by atoms with Gasteiger partial charge >= 0.3 is 17.8 Å². The van der Waals surface area contributed by atoms with Crippen LogP contribution in [0.1, 0.15) is 13.3 Å². The second-order valence-corrected chi connectivity index (χ2v) is 6.93. The van der Waals surface area contributed by atoms with Gasteiger partial charge in [0, 0.05) is 24.8 Å². The van der Waals surface area contributed by atoms with Crippen molar-refractivity contribution in [1.29, 1.82) is 0 Å². The second-order valence-electron chi connectivity index (χ2n) is 6.20. The van der Waals surface area contributed by atoms with Crippen LogP contribution in [0.4, 0.5) is 5.69 Å². The molecule has 2 aliphatic heterocycles. The first-order valence-corrected chi connectivity index (χ1v) is 8.81. The minimum atomic E-state index is -1.55. The smallest absolute Gasteiger partial charge is 0.356 e. The van der Waals surface area contributed by atoms with E-state index in [1.54, 1.807) is 30.2 Å². The van der Waals surface area contributed by atoms with Crippen LogP contribution in [0.2, 0.25) is 0 Å². The van der Waals surface area contributed by atoms with Gasteiger partial charge in [0.15, 0.2) is 0 Å². The number of hydrogen-bond donors (Lipinski definition) is 1. The van der Waals surface area contributed by atoms with Crippen molar-refractivity contribution in [3.05, 3.63) is 30.5 Å². The van der Waals surface area contributed by atoms with Gasteiger partial charge in [0.25, 0.3) is 0 Å². The molecular weight excluding hydrogens is 358 g/mol. The monoisotopic (exact) mass is 379 g/mol. The molecule has 140 valence electrons. The summed E-state index contributed by atoms with van der Waals surface area (Å²) in [5.41, 5.74) is 0.364. The number of pyridine rings is 1. The predicted molar refractivity (Wildman–Crippen MR) is 96.8 cm³/mol. The Balaban J connectivity index is 1.96. The van der Waals surface area contributed by atoms with Gasteiger partial charge in [0.05, 0.1) is 18.4 Å². The zero-order chi connectivity index (χ0) is 18.7. The molecule has 0 radical (unpaired) electrons. The molecule has 0 aliphatic carbocycles. The summed E-state index contributed by atoms with van der Waals surface area (Å²) < 4.78 is 16.6. The van der Waals surface area contributed by atoms with E-state index >= 15 is 0 Å². The molecule has 1 fully saturated rings. The standard InChI is InChI=1S/C17H21N3O5S/c1-12(26)23-14-5-4-13(10-18-14)20-9-3-8-19(2)11-17(20)24-15(21)6-7-16(22)25-17/h4-7,10,12,26H,3,8-9,11H2,1-2H3. The number of ether oxygens (including phenoxy) is 3. The van der Waals surface area contributed by atoms with E-state index in [9.17, 15) is 9.59 Å². The molecule has 1 unspecified atom stereocenters. The van der Waals surface area contributed by atoms with Crippen LogP contribution in [0.15, 0.2) is 30.5 Å². The molecule has 1 aromatic heterocycles. The summed E-state index contributed by atoms with van der Waals surface area (Å²) in [6.45, 7) is 3.30. The van der Waals surface area contributed by atoms with Crippen molar-refractivity contribution in [2.24, 2.45) is 0 Å². The number of anilines is 1. The number of rotatable bonds is 3. The van der Waals surface area contributed by atoms with Crippen LogP contribution in [-0.2, 0) is 19.1 Å². The Hall–Kier alpha value is -2.26. The minimum absolute atomic E-state index is 0.220. The number of hydrogen-bond acceptors (Lipinski definition) is 9. The van der Waals surface area contributed by atoms with Gasteiger partial charge < -0.3 is 14.2 Å². The van der Waals surface area contributed by atoms with E-state index in [0.29, 0.717) is 18.1 Å². The first-order valence-electron chi connectivity index (χ1n) is 8.29. The Morgan fingerprint density at radius 3 is 2.50 bits per heavy atom. The van der Waals surface area contributed by atoms with Crippen LogP contribution in [-0.4, -0.2) is 59.9 Å². The van der Waals surface area contributed by atoms with Crippen LogP contribution in [0.3, 0.4) is 0 Å². The number of esters is 2. The van der Waals surface area contributed by atoms with E-state index in [1.807, 2.05) is 11.9 Å². The van der Waals surface area contributed by atoms with Crippen LogP contribution < -0.4 is 9.64 Å². The number of likely N-dealkylation sites (N-methyl/N-ethyl adjacent to an activating group) is 1. The molecule has 3 rings (SSSR count). The molecule has 0 aromatic carbocycles. The lowest BCUT2D eigenvalue weighted by atomic mass is 10.3. The van der Waals surface area contributed by atoms with Gasteiger partial charge in [-0.3, -0.25) is 9.80 Å². The van der Waals surface area contributed by atoms with Gasteiger partial charge in [-0.25, -0.2) is 14.6 Å². The lowest BCUT2D eigenvalue weighted by molar-refractivity contribution is -0.223. The fourth-order valence-electron chi connectivity index (χ4n) is 2.99. The van der Waals surface area contributed by atoms with E-state index in [2.05, 4.69) is 17.6 Å². The van der Waals surface area contributed by atoms with Gasteiger partial charge in [-0.15, -0.1) is 12.6 Å². The molecule has 1 spiro atoms. The largest absolute Gasteiger partial charge is 0.464 e. The van der Waals surface area contributed by atoms with Crippen LogP contribution in [0.5, 0.6) is 5.88 Å². The molecular formula is C17H21N3O5S. The van der Waals surface area contributed by atoms with Crippen molar-refractivity contribution in [3.63, 3.8) is 0 Å². The molecule has 1 saturated heterocycles. The Morgan fingerprint density at radius 2 is 1.92 bits per heavy atom. The first kappa shape index (κ1) is 18.5. The average Bonchev–Trinajstić information content (AvgIpc) is 2.80. The van der Waals surface area contributed by atoms with E-state index in [1.165, 1.54) is 0 Å². The highest BCUT2D eigenvalue weighted by atomic mass is 32.1. The lowest BCUT2D eigenvalue weighted by Crippen LogP contribution is -2.59. The topological polar surface area (TPSA) is 81.2 Å². The summed E-state index contributed by atoms with van der Waals surface area (Å²) in [7, 11) is 1.88. The Kier molecular flexibility index (Phi) is 5.38. The third kappa shape index (κ3) is 4.10. The average molecular weight is 379 g/mol. The second kappa shape index (κ2) is 7.55. The zero-order valence-electron chi connectivity index (χ0n) is 14.6. The van der Waals surface area contributed by atoms with Crippen LogP contribution in [0, 0.1) is 0 Å². The van der Waals surface area contributed by atoms with Crippen molar-refractivity contribution < 1.29 is 23.8 Å². The van der Waals surface area contributed by atoms with Gasteiger partial charge in [0.1, 0.15) is 5.44 Å². The molecule has 2 aliphatic rings. The number of aromatic nitrogens is 1. The van der Waals surface area contributed by atoms with Gasteiger partial charge in [-0.1, -0.05) is 0 Å². The lowest BCUT2D eigenvalue weighted by Gasteiger charge is -2.41. The molecule has 0 bridgehead atoms. The predicted octanol–water partition coefficient (Wildman–Crippen LogP) is 1.19. The fourth-order valence-corrected chi connectivity index (χ4v) is 3.10. The minimum Gasteiger partial charge on any atom is -0.464 e. The maximum absolute atomic E-state index is 12.0. The van der Waals surface area contributed by atoms with Gasteiger partial charge in [-0.2, -0.15) is 0 Å². The Morgan fingerprint density at radius 1 is 1.23 bits per heavy atom. The zero-order valence-corrected chi connectivity index (χ0v) is 15.5. The maximum atomic E-state index is 12.0. The van der Waals surface area contributed by atoms with E-state index < -0.39 is 17.8 Å². The normalized spacial score (nSPS) is 21.6. The van der Waals surface area contributed by atoms with Crippen molar-refractivity contribution in [1.82, 2.24) is 9.88 Å². The number of carbonyl (C=O) groups excluding carboxylic acids is 2. The maximum Gasteiger partial charge on any atom is 0.356 e. The van der Waals surface area contributed by atoms with Crippen LogP contribution in [0.25, 0.3) is 0 Å². The summed E-state index contributed by atoms with van der Waals surface area (Å²) in [5, 5.41) is 0.